The molecule has 0 heterocycles. The predicted octanol–water partition coefficient (Wildman–Crippen LogP) is 4.21. The molecule has 3 rings (SSSR count). The number of nitrogens with one attached hydrogen (secondary N) is 1. The number of rotatable bonds is 4. The quantitative estimate of drug-likeness (QED) is 0.909. The summed E-state index contributed by atoms with van der Waals surface area (Å²) in [5.74, 6) is 0.0877. The summed E-state index contributed by atoms with van der Waals surface area (Å²) in [5, 5.41) is 2.41. The summed E-state index contributed by atoms with van der Waals surface area (Å²) in [6, 6.07) is 10.2. The zero-order valence-corrected chi connectivity index (χ0v) is 12.8. The highest BCUT2D eigenvalue weighted by Gasteiger charge is 2.30. The Morgan fingerprint density at radius 3 is 2.67 bits per heavy atom. The molecule has 0 saturated carbocycles. The zero-order valence-electron chi connectivity index (χ0n) is 12.8. The molecule has 0 spiro atoms. The standard InChI is InChI=1S/C18H16F3NO2/c19-18(20,21)14-5-2-6-15(10-14)22-17(23)11-24-16-8-7-12-3-1-4-13(12)9-16/h2,5-10H,1,3-4,11H2,(H,22,23). The number of amides is 1. The van der Waals surface area contributed by atoms with Crippen molar-refractivity contribution in [3.8, 4) is 5.75 Å². The SMILES string of the molecule is O=C(COc1ccc2c(c1)CCC2)Nc1cccc(C(F)(F)F)c1. The lowest BCUT2D eigenvalue weighted by Crippen LogP contribution is -2.20. The number of anilines is 1. The molecule has 0 aromatic heterocycles. The van der Waals surface area contributed by atoms with E-state index in [1.165, 1.54) is 23.3 Å². The number of halogens is 3. The number of fused-ring (bicyclic) bond motifs is 1. The van der Waals surface area contributed by atoms with E-state index in [1.807, 2.05) is 18.2 Å². The maximum atomic E-state index is 12.6. The highest BCUT2D eigenvalue weighted by Crippen LogP contribution is 2.30. The lowest BCUT2D eigenvalue weighted by molar-refractivity contribution is -0.137. The first-order valence-corrected chi connectivity index (χ1v) is 7.63. The van der Waals surface area contributed by atoms with Gasteiger partial charge in [0.25, 0.3) is 5.91 Å². The Balaban J connectivity index is 1.58. The van der Waals surface area contributed by atoms with Crippen LogP contribution in [0.2, 0.25) is 0 Å². The summed E-state index contributed by atoms with van der Waals surface area (Å²) in [5.41, 5.74) is 1.81. The van der Waals surface area contributed by atoms with Crippen molar-refractivity contribution in [1.29, 1.82) is 0 Å². The van der Waals surface area contributed by atoms with Gasteiger partial charge in [-0.05, 0) is 60.7 Å². The minimum atomic E-state index is -4.44. The van der Waals surface area contributed by atoms with Gasteiger partial charge < -0.3 is 10.1 Å². The summed E-state index contributed by atoms with van der Waals surface area (Å²) in [6.45, 7) is -0.255. The van der Waals surface area contributed by atoms with Gasteiger partial charge >= 0.3 is 6.18 Å². The van der Waals surface area contributed by atoms with Crippen LogP contribution in [-0.4, -0.2) is 12.5 Å². The predicted molar refractivity (Wildman–Crippen MR) is 84.0 cm³/mol. The van der Waals surface area contributed by atoms with E-state index in [9.17, 15) is 18.0 Å². The van der Waals surface area contributed by atoms with Crippen LogP contribution in [0.4, 0.5) is 18.9 Å². The molecule has 2 aromatic rings. The number of alkyl halides is 3. The number of hydrogen-bond acceptors (Lipinski definition) is 2. The largest absolute Gasteiger partial charge is 0.484 e. The Bertz CT molecular complexity index is 756. The van der Waals surface area contributed by atoms with Gasteiger partial charge in [-0.15, -0.1) is 0 Å². The second kappa shape index (κ2) is 6.55. The van der Waals surface area contributed by atoms with Crippen molar-refractivity contribution < 1.29 is 22.7 Å². The first kappa shape index (κ1) is 16.4. The van der Waals surface area contributed by atoms with Gasteiger partial charge in [-0.3, -0.25) is 4.79 Å². The van der Waals surface area contributed by atoms with Crippen molar-refractivity contribution in [2.75, 3.05) is 11.9 Å². The molecule has 0 bridgehead atoms. The average molecular weight is 335 g/mol. The molecule has 24 heavy (non-hydrogen) atoms. The third-order valence-corrected chi connectivity index (χ3v) is 3.91. The van der Waals surface area contributed by atoms with Gasteiger partial charge in [-0.25, -0.2) is 0 Å². The van der Waals surface area contributed by atoms with Crippen molar-refractivity contribution in [1.82, 2.24) is 0 Å². The number of benzene rings is 2. The van der Waals surface area contributed by atoms with E-state index in [0.29, 0.717) is 5.75 Å². The molecule has 1 N–H and O–H groups in total. The van der Waals surface area contributed by atoms with E-state index in [-0.39, 0.29) is 12.3 Å². The van der Waals surface area contributed by atoms with E-state index in [0.717, 1.165) is 31.4 Å². The van der Waals surface area contributed by atoms with E-state index >= 15 is 0 Å². The molecule has 0 atom stereocenters. The van der Waals surface area contributed by atoms with Gasteiger partial charge in [0, 0.05) is 5.69 Å². The van der Waals surface area contributed by atoms with Gasteiger partial charge in [0.1, 0.15) is 5.75 Å². The van der Waals surface area contributed by atoms with E-state index < -0.39 is 17.6 Å². The van der Waals surface area contributed by atoms with Crippen LogP contribution in [0.25, 0.3) is 0 Å². The van der Waals surface area contributed by atoms with Crippen molar-refractivity contribution in [2.24, 2.45) is 0 Å². The van der Waals surface area contributed by atoms with Crippen molar-refractivity contribution in [2.45, 2.75) is 25.4 Å². The number of carbonyl (C=O) groups is 1. The van der Waals surface area contributed by atoms with Crippen LogP contribution in [0.1, 0.15) is 23.1 Å². The first-order chi connectivity index (χ1) is 11.4. The number of hydrogen-bond donors (Lipinski definition) is 1. The molecule has 0 unspecified atom stereocenters. The summed E-state index contributed by atoms with van der Waals surface area (Å²) in [4.78, 5) is 11.9. The second-order valence-corrected chi connectivity index (χ2v) is 5.70. The van der Waals surface area contributed by atoms with E-state index in [4.69, 9.17) is 4.74 Å². The van der Waals surface area contributed by atoms with Crippen molar-refractivity contribution in [3.63, 3.8) is 0 Å². The Kier molecular flexibility index (Phi) is 4.46. The fraction of sp³-hybridized carbons (Fsp3) is 0.278. The molecule has 0 aliphatic heterocycles. The minimum Gasteiger partial charge on any atom is -0.484 e. The summed E-state index contributed by atoms with van der Waals surface area (Å²) >= 11 is 0. The highest BCUT2D eigenvalue weighted by molar-refractivity contribution is 5.91. The molecule has 1 aliphatic carbocycles. The molecule has 0 fully saturated rings. The van der Waals surface area contributed by atoms with Crippen LogP contribution >= 0.6 is 0 Å². The first-order valence-electron chi connectivity index (χ1n) is 7.63. The normalized spacial score (nSPS) is 13.5. The number of aryl methyl sites for hydroxylation is 2. The summed E-state index contributed by atoms with van der Waals surface area (Å²) < 4.78 is 43.4. The topological polar surface area (TPSA) is 38.3 Å². The van der Waals surface area contributed by atoms with Gasteiger partial charge in [0.2, 0.25) is 0 Å². The third-order valence-electron chi connectivity index (χ3n) is 3.91. The summed E-state index contributed by atoms with van der Waals surface area (Å²) in [6.07, 6.45) is -1.26. The van der Waals surface area contributed by atoms with E-state index in [1.54, 1.807) is 0 Å². The van der Waals surface area contributed by atoms with Crippen LogP contribution < -0.4 is 10.1 Å². The van der Waals surface area contributed by atoms with E-state index in [2.05, 4.69) is 5.32 Å². The molecule has 0 radical (unpaired) electrons. The maximum absolute atomic E-state index is 12.6. The molecule has 1 amide bonds. The van der Waals surface area contributed by atoms with Gasteiger partial charge in [0.15, 0.2) is 6.61 Å². The monoisotopic (exact) mass is 335 g/mol. The van der Waals surface area contributed by atoms with Crippen molar-refractivity contribution in [3.05, 3.63) is 59.2 Å². The Labute approximate surface area is 137 Å². The molecule has 6 heteroatoms. The van der Waals surface area contributed by atoms with Crippen molar-refractivity contribution >= 4 is 11.6 Å². The fourth-order valence-corrected chi connectivity index (χ4v) is 2.76. The molecule has 126 valence electrons. The molecule has 1 aliphatic rings. The Morgan fingerprint density at radius 1 is 1.08 bits per heavy atom. The second-order valence-electron chi connectivity index (χ2n) is 5.70. The van der Waals surface area contributed by atoms with Gasteiger partial charge in [0.05, 0.1) is 5.56 Å². The fourth-order valence-electron chi connectivity index (χ4n) is 2.76. The maximum Gasteiger partial charge on any atom is 0.416 e. The molecule has 0 saturated heterocycles. The zero-order chi connectivity index (χ0) is 17.2. The van der Waals surface area contributed by atoms with Gasteiger partial charge in [-0.2, -0.15) is 13.2 Å². The summed E-state index contributed by atoms with van der Waals surface area (Å²) in [7, 11) is 0. The van der Waals surface area contributed by atoms with Gasteiger partial charge in [-0.1, -0.05) is 12.1 Å². The average Bonchev–Trinajstić information content (AvgIpc) is 3.00. The number of ether oxygens (including phenoxy) is 1. The minimum absolute atomic E-state index is 0.0902. The lowest BCUT2D eigenvalue weighted by Gasteiger charge is -2.11. The Hall–Kier alpha value is -2.50. The van der Waals surface area contributed by atoms with Crippen LogP contribution in [0.3, 0.4) is 0 Å². The third kappa shape index (κ3) is 3.88. The van der Waals surface area contributed by atoms with Crippen LogP contribution in [0.15, 0.2) is 42.5 Å². The smallest absolute Gasteiger partial charge is 0.416 e. The molecular weight excluding hydrogens is 319 g/mol. The molecule has 2 aromatic carbocycles. The number of carbonyl (C=O) groups excluding carboxylic acids is 1. The lowest BCUT2D eigenvalue weighted by atomic mass is 10.1. The van der Waals surface area contributed by atoms with Crippen LogP contribution in [0, 0.1) is 0 Å². The molecule has 3 nitrogen and oxygen atoms in total. The van der Waals surface area contributed by atoms with Crippen LogP contribution in [0.5, 0.6) is 5.75 Å². The Morgan fingerprint density at radius 2 is 1.88 bits per heavy atom. The molecular formula is C18H16F3NO2. The van der Waals surface area contributed by atoms with Crippen LogP contribution in [-0.2, 0) is 23.8 Å². The highest BCUT2D eigenvalue weighted by atomic mass is 19.4.